The van der Waals surface area contributed by atoms with E-state index in [9.17, 15) is 9.90 Å². The Kier molecular flexibility index (Phi) is 6.60. The van der Waals surface area contributed by atoms with E-state index in [1.807, 2.05) is 18.2 Å². The Hall–Kier alpha value is -3.07. The molecule has 0 aliphatic carbocycles. The third kappa shape index (κ3) is 4.42. The molecule has 10 heteroatoms. The van der Waals surface area contributed by atoms with Crippen molar-refractivity contribution in [3.63, 3.8) is 0 Å². The van der Waals surface area contributed by atoms with Gasteiger partial charge in [0.15, 0.2) is 0 Å². The molecule has 1 aromatic heterocycles. The molecule has 172 valence electrons. The largest absolute Gasteiger partial charge is 0.495 e. The number of aromatic nitrogens is 2. The van der Waals surface area contributed by atoms with Crippen LogP contribution in [0.5, 0.6) is 11.5 Å². The molecule has 1 amide bonds. The van der Waals surface area contributed by atoms with Gasteiger partial charge in [-0.25, -0.2) is 9.97 Å². The van der Waals surface area contributed by atoms with Gasteiger partial charge >= 0.3 is 0 Å². The van der Waals surface area contributed by atoms with Gasteiger partial charge in [0.2, 0.25) is 11.9 Å². The molecule has 2 atom stereocenters. The fourth-order valence-electron chi connectivity index (χ4n) is 3.80. The number of β-amino-alcohol motifs (C(OH)–C–C–N with tert-alkyl or cyclic N) is 1. The first-order valence-corrected chi connectivity index (χ1v) is 10.8. The standard InChI is InChI=1S/C23H22Cl2N4O4/c1-4-19(31)29-10-15(16(30)11-29)28-23-26-9-13-7-12(5-6-14(13)27-23)20-21(24)17(32-2)8-18(33-3)22(20)25/h4-9,15-16,30H,1,10-11H2,2-3H3,(H,26,27,28)/t15-,16-/m0/s1. The Labute approximate surface area is 200 Å². The first-order valence-electron chi connectivity index (χ1n) is 10.1. The van der Waals surface area contributed by atoms with Crippen molar-refractivity contribution >= 4 is 46.0 Å². The number of amides is 1. The molecule has 1 aliphatic rings. The second kappa shape index (κ2) is 9.43. The van der Waals surface area contributed by atoms with Crippen LogP contribution in [0.4, 0.5) is 5.95 Å². The van der Waals surface area contributed by atoms with Gasteiger partial charge in [0.05, 0.1) is 41.9 Å². The van der Waals surface area contributed by atoms with E-state index in [0.717, 1.165) is 10.9 Å². The van der Waals surface area contributed by atoms with Crippen molar-refractivity contribution < 1.29 is 19.4 Å². The van der Waals surface area contributed by atoms with E-state index >= 15 is 0 Å². The van der Waals surface area contributed by atoms with E-state index in [-0.39, 0.29) is 18.5 Å². The minimum Gasteiger partial charge on any atom is -0.495 e. The number of hydrogen-bond donors (Lipinski definition) is 2. The third-order valence-corrected chi connectivity index (χ3v) is 6.28. The van der Waals surface area contributed by atoms with Crippen LogP contribution in [0.3, 0.4) is 0 Å². The minimum absolute atomic E-state index is 0.225. The number of aliphatic hydroxyl groups excluding tert-OH is 1. The Bertz CT molecular complexity index is 1210. The van der Waals surface area contributed by atoms with Crippen molar-refractivity contribution in [1.29, 1.82) is 0 Å². The van der Waals surface area contributed by atoms with Gasteiger partial charge in [-0.3, -0.25) is 4.79 Å². The summed E-state index contributed by atoms with van der Waals surface area (Å²) in [6.07, 6.45) is 2.17. The van der Waals surface area contributed by atoms with Crippen LogP contribution in [0.1, 0.15) is 0 Å². The predicted molar refractivity (Wildman–Crippen MR) is 128 cm³/mol. The molecule has 1 fully saturated rings. The number of carbonyl (C=O) groups excluding carboxylic acids is 1. The Morgan fingerprint density at radius 2 is 1.91 bits per heavy atom. The first-order chi connectivity index (χ1) is 15.9. The van der Waals surface area contributed by atoms with E-state index in [1.165, 1.54) is 25.2 Å². The van der Waals surface area contributed by atoms with Crippen molar-refractivity contribution in [2.45, 2.75) is 12.1 Å². The second-order valence-corrected chi connectivity index (χ2v) is 8.27. The molecule has 4 rings (SSSR count). The first kappa shape index (κ1) is 23.1. The van der Waals surface area contributed by atoms with Gasteiger partial charge in [-0.05, 0) is 23.8 Å². The number of ether oxygens (including phenoxy) is 2. The highest BCUT2D eigenvalue weighted by Crippen LogP contribution is 2.46. The molecule has 33 heavy (non-hydrogen) atoms. The number of rotatable bonds is 6. The molecular weight excluding hydrogens is 467 g/mol. The molecule has 8 nitrogen and oxygen atoms in total. The maximum absolute atomic E-state index is 11.8. The molecule has 3 aromatic rings. The molecule has 0 spiro atoms. The van der Waals surface area contributed by atoms with Crippen molar-refractivity contribution in [1.82, 2.24) is 14.9 Å². The number of anilines is 1. The topological polar surface area (TPSA) is 96.8 Å². The molecule has 0 saturated carbocycles. The maximum Gasteiger partial charge on any atom is 0.246 e. The lowest BCUT2D eigenvalue weighted by Gasteiger charge is -2.16. The number of hydrogen-bond acceptors (Lipinski definition) is 7. The molecule has 1 aliphatic heterocycles. The fraction of sp³-hybridized carbons (Fsp3) is 0.261. The van der Waals surface area contributed by atoms with Crippen LogP contribution in [0.25, 0.3) is 22.0 Å². The summed E-state index contributed by atoms with van der Waals surface area (Å²) in [6.45, 7) is 4.05. The van der Waals surface area contributed by atoms with Crippen LogP contribution in [0.15, 0.2) is 43.1 Å². The van der Waals surface area contributed by atoms with Crippen LogP contribution in [-0.2, 0) is 4.79 Å². The molecule has 2 heterocycles. The SMILES string of the molecule is C=CC(=O)N1C[C@H](Nc2ncc3cc(-c4c(Cl)c(OC)cc(OC)c4Cl)ccc3n2)[C@@H](O)C1. The molecule has 0 radical (unpaired) electrons. The lowest BCUT2D eigenvalue weighted by molar-refractivity contribution is -0.125. The smallest absolute Gasteiger partial charge is 0.246 e. The van der Waals surface area contributed by atoms with Crippen molar-refractivity contribution in [3.05, 3.63) is 53.2 Å². The average molecular weight is 489 g/mol. The zero-order chi connectivity index (χ0) is 23.7. The molecule has 0 bridgehead atoms. The summed E-state index contributed by atoms with van der Waals surface area (Å²) in [4.78, 5) is 22.2. The fourth-order valence-corrected chi connectivity index (χ4v) is 4.52. The molecular formula is C23H22Cl2N4O4. The summed E-state index contributed by atoms with van der Waals surface area (Å²) < 4.78 is 10.7. The minimum atomic E-state index is -0.733. The zero-order valence-electron chi connectivity index (χ0n) is 18.0. The number of nitrogens with zero attached hydrogens (tertiary/aromatic N) is 3. The Morgan fingerprint density at radius 1 is 1.21 bits per heavy atom. The van der Waals surface area contributed by atoms with Gasteiger partial charge in [0.1, 0.15) is 11.5 Å². The number of benzene rings is 2. The molecule has 2 aromatic carbocycles. The van der Waals surface area contributed by atoms with Crippen molar-refractivity contribution in [2.75, 3.05) is 32.6 Å². The van der Waals surface area contributed by atoms with Crippen molar-refractivity contribution in [2.24, 2.45) is 0 Å². The number of halogens is 2. The zero-order valence-corrected chi connectivity index (χ0v) is 19.5. The van der Waals surface area contributed by atoms with E-state index in [4.69, 9.17) is 32.7 Å². The van der Waals surface area contributed by atoms with Gasteiger partial charge in [-0.1, -0.05) is 35.8 Å². The van der Waals surface area contributed by atoms with Gasteiger partial charge < -0.3 is 24.8 Å². The molecule has 0 unspecified atom stereocenters. The average Bonchev–Trinajstić information content (AvgIpc) is 3.18. The normalized spacial score (nSPS) is 17.8. The second-order valence-electron chi connectivity index (χ2n) is 7.52. The van der Waals surface area contributed by atoms with Gasteiger partial charge in [0, 0.05) is 36.3 Å². The summed E-state index contributed by atoms with van der Waals surface area (Å²) >= 11 is 13.1. The predicted octanol–water partition coefficient (Wildman–Crippen LogP) is 3.79. The van der Waals surface area contributed by atoms with Crippen LogP contribution in [-0.4, -0.2) is 65.3 Å². The highest BCUT2D eigenvalue weighted by atomic mass is 35.5. The number of likely N-dealkylation sites (tertiary alicyclic amines) is 1. The van der Waals surface area contributed by atoms with Crippen LogP contribution < -0.4 is 14.8 Å². The lowest BCUT2D eigenvalue weighted by Crippen LogP contribution is -2.33. The monoisotopic (exact) mass is 488 g/mol. The number of fused-ring (bicyclic) bond motifs is 1. The highest BCUT2D eigenvalue weighted by molar-refractivity contribution is 6.41. The number of carbonyl (C=O) groups is 1. The van der Waals surface area contributed by atoms with Crippen LogP contribution >= 0.6 is 23.2 Å². The molecule has 1 saturated heterocycles. The summed E-state index contributed by atoms with van der Waals surface area (Å²) in [7, 11) is 3.05. The van der Waals surface area contributed by atoms with Crippen LogP contribution in [0.2, 0.25) is 10.0 Å². The van der Waals surface area contributed by atoms with Gasteiger partial charge in [0.25, 0.3) is 0 Å². The summed E-state index contributed by atoms with van der Waals surface area (Å²) in [5.41, 5.74) is 2.02. The number of methoxy groups -OCH3 is 2. The van der Waals surface area contributed by atoms with Crippen LogP contribution in [0, 0.1) is 0 Å². The number of aliphatic hydroxyl groups is 1. The van der Waals surface area contributed by atoms with Crippen molar-refractivity contribution in [3.8, 4) is 22.6 Å². The third-order valence-electron chi connectivity index (χ3n) is 5.53. The summed E-state index contributed by atoms with van der Waals surface area (Å²) in [5, 5.41) is 14.9. The van der Waals surface area contributed by atoms with E-state index in [2.05, 4.69) is 21.9 Å². The number of nitrogens with one attached hydrogen (secondary N) is 1. The van der Waals surface area contributed by atoms with Gasteiger partial charge in [-0.15, -0.1) is 0 Å². The highest BCUT2D eigenvalue weighted by Gasteiger charge is 2.33. The summed E-state index contributed by atoms with van der Waals surface area (Å²) in [5.74, 6) is 1.02. The van der Waals surface area contributed by atoms with E-state index in [0.29, 0.717) is 45.1 Å². The Balaban J connectivity index is 1.63. The van der Waals surface area contributed by atoms with E-state index in [1.54, 1.807) is 12.3 Å². The maximum atomic E-state index is 11.8. The lowest BCUT2D eigenvalue weighted by atomic mass is 10.0. The van der Waals surface area contributed by atoms with Gasteiger partial charge in [-0.2, -0.15) is 0 Å². The Morgan fingerprint density at radius 3 is 2.55 bits per heavy atom. The quantitative estimate of drug-likeness (QED) is 0.509. The molecule has 2 N–H and O–H groups in total. The summed E-state index contributed by atoms with van der Waals surface area (Å²) in [6, 6.07) is 6.80. The van der Waals surface area contributed by atoms with E-state index < -0.39 is 6.10 Å².